The average molecular weight is 431 g/mol. The van der Waals surface area contributed by atoms with Crippen LogP contribution in [0.5, 0.6) is 0 Å². The van der Waals surface area contributed by atoms with E-state index < -0.39 is 37.3 Å². The second-order valence-electron chi connectivity index (χ2n) is 7.55. The molecule has 1 aromatic heterocycles. The Hall–Kier alpha value is -2.39. The van der Waals surface area contributed by atoms with E-state index in [9.17, 15) is 15.3 Å². The minimum Gasteiger partial charge on any atom is -0.394 e. The van der Waals surface area contributed by atoms with Crippen LogP contribution >= 0.6 is 0 Å². The number of aromatic nitrogens is 3. The molecule has 0 radical (unpaired) electrons. The smallest absolute Gasteiger partial charge is 0.183 e. The minimum atomic E-state index is -1.31. The summed E-state index contributed by atoms with van der Waals surface area (Å²) in [6.07, 6.45) is 0.816. The average Bonchev–Trinajstić information content (AvgIpc) is 3.28. The second kappa shape index (κ2) is 11.3. The fourth-order valence-electron chi connectivity index (χ4n) is 3.59. The van der Waals surface area contributed by atoms with Gasteiger partial charge in [0.25, 0.3) is 0 Å². The number of rotatable bonds is 10. The molecule has 10 heteroatoms. The highest BCUT2D eigenvalue weighted by atomic mass is 16.7. The predicted molar refractivity (Wildman–Crippen MR) is 110 cm³/mol. The molecule has 2 aromatic rings. The first kappa shape index (κ1) is 23.3. The van der Waals surface area contributed by atoms with E-state index in [4.69, 9.17) is 20.5 Å². The van der Waals surface area contributed by atoms with Gasteiger partial charge in [0.1, 0.15) is 30.0 Å². The van der Waals surface area contributed by atoms with Gasteiger partial charge in [-0.2, -0.15) is 5.26 Å². The standard InChI is InChI=1S/C21H29N5O5/c22-8-3-1-2-4-9-30-21-18(20(29)19(28)17(13-27)31-21)26-12-16(24-25-26)15-7-5-6-14(10-15)11-23/h5-7,10,12,17-21,27-29H,1-4,8-9,13,22H2. The van der Waals surface area contributed by atoms with Gasteiger partial charge < -0.3 is 30.5 Å². The van der Waals surface area contributed by atoms with E-state index in [-0.39, 0.29) is 0 Å². The molecule has 0 aliphatic carbocycles. The summed E-state index contributed by atoms with van der Waals surface area (Å²) in [6, 6.07) is 8.15. The van der Waals surface area contributed by atoms with E-state index >= 15 is 0 Å². The zero-order chi connectivity index (χ0) is 22.2. The number of hydrogen-bond donors (Lipinski definition) is 4. The van der Waals surface area contributed by atoms with E-state index in [1.54, 1.807) is 30.5 Å². The van der Waals surface area contributed by atoms with Crippen molar-refractivity contribution in [3.63, 3.8) is 0 Å². The SMILES string of the molecule is N#Cc1cccc(-c2cn(C3C(OCCCCCCN)OC(CO)C(O)C3O)nn2)c1. The fourth-order valence-corrected chi connectivity index (χ4v) is 3.59. The number of aliphatic hydroxyl groups excluding tert-OH is 3. The molecule has 0 spiro atoms. The molecule has 5 unspecified atom stereocenters. The number of nitriles is 1. The van der Waals surface area contributed by atoms with Gasteiger partial charge in [-0.1, -0.05) is 30.2 Å². The van der Waals surface area contributed by atoms with Crippen LogP contribution in [0.2, 0.25) is 0 Å². The van der Waals surface area contributed by atoms with Gasteiger partial charge in [-0.05, 0) is 31.5 Å². The molecule has 1 aromatic carbocycles. The Morgan fingerprint density at radius 1 is 1.19 bits per heavy atom. The van der Waals surface area contributed by atoms with E-state index in [1.807, 2.05) is 0 Å². The Bertz CT molecular complexity index is 870. The van der Waals surface area contributed by atoms with Gasteiger partial charge in [-0.25, -0.2) is 4.68 Å². The van der Waals surface area contributed by atoms with Crippen LogP contribution in [0.1, 0.15) is 37.3 Å². The molecule has 0 bridgehead atoms. The summed E-state index contributed by atoms with van der Waals surface area (Å²) in [5, 5.41) is 47.9. The first-order valence-corrected chi connectivity index (χ1v) is 10.5. The van der Waals surface area contributed by atoms with Crippen molar-refractivity contribution >= 4 is 0 Å². The maximum absolute atomic E-state index is 10.7. The first-order valence-electron chi connectivity index (χ1n) is 10.5. The van der Waals surface area contributed by atoms with E-state index in [2.05, 4.69) is 16.4 Å². The lowest BCUT2D eigenvalue weighted by Gasteiger charge is -2.41. The molecule has 10 nitrogen and oxygen atoms in total. The van der Waals surface area contributed by atoms with Gasteiger partial charge in [-0.15, -0.1) is 5.10 Å². The third-order valence-corrected chi connectivity index (χ3v) is 5.33. The number of benzene rings is 1. The van der Waals surface area contributed by atoms with Crippen molar-refractivity contribution in [3.8, 4) is 17.3 Å². The molecule has 2 heterocycles. The maximum atomic E-state index is 10.7. The predicted octanol–water partition coefficient (Wildman–Crippen LogP) is 0.333. The third-order valence-electron chi connectivity index (χ3n) is 5.33. The van der Waals surface area contributed by atoms with Gasteiger partial charge in [0.05, 0.1) is 24.4 Å². The summed E-state index contributed by atoms with van der Waals surface area (Å²) in [5.74, 6) is 0. The van der Waals surface area contributed by atoms with Gasteiger partial charge >= 0.3 is 0 Å². The number of nitrogens with zero attached hydrogens (tertiary/aromatic N) is 4. The fraction of sp³-hybridized carbons (Fsp3) is 0.571. The lowest BCUT2D eigenvalue weighted by atomic mass is 9.97. The molecular weight excluding hydrogens is 402 g/mol. The van der Waals surface area contributed by atoms with E-state index in [0.717, 1.165) is 25.7 Å². The summed E-state index contributed by atoms with van der Waals surface area (Å²) >= 11 is 0. The summed E-state index contributed by atoms with van der Waals surface area (Å²) in [4.78, 5) is 0. The normalized spacial score (nSPS) is 26.0. The van der Waals surface area contributed by atoms with Crippen LogP contribution in [0.15, 0.2) is 30.5 Å². The minimum absolute atomic E-state index is 0.387. The van der Waals surface area contributed by atoms with Crippen LogP contribution < -0.4 is 5.73 Å². The molecule has 31 heavy (non-hydrogen) atoms. The lowest BCUT2D eigenvalue weighted by Crippen LogP contribution is -2.56. The highest BCUT2D eigenvalue weighted by molar-refractivity contribution is 5.60. The lowest BCUT2D eigenvalue weighted by molar-refractivity contribution is -0.281. The van der Waals surface area contributed by atoms with Gasteiger partial charge in [0, 0.05) is 12.2 Å². The molecule has 5 atom stereocenters. The van der Waals surface area contributed by atoms with Crippen molar-refractivity contribution in [2.45, 2.75) is 56.3 Å². The van der Waals surface area contributed by atoms with Crippen LogP contribution in [0.4, 0.5) is 0 Å². The molecule has 3 rings (SSSR count). The highest BCUT2D eigenvalue weighted by Crippen LogP contribution is 2.31. The summed E-state index contributed by atoms with van der Waals surface area (Å²) in [5.41, 5.74) is 7.20. The van der Waals surface area contributed by atoms with Crippen molar-refractivity contribution < 1.29 is 24.8 Å². The quantitative estimate of drug-likeness (QED) is 0.389. The summed E-state index contributed by atoms with van der Waals surface area (Å²) in [7, 11) is 0. The molecular formula is C21H29N5O5. The molecule has 1 aliphatic rings. The van der Waals surface area contributed by atoms with Crippen LogP contribution in [0, 0.1) is 11.3 Å². The molecule has 1 saturated heterocycles. The van der Waals surface area contributed by atoms with Crippen molar-refractivity contribution in [1.82, 2.24) is 15.0 Å². The zero-order valence-corrected chi connectivity index (χ0v) is 17.2. The van der Waals surface area contributed by atoms with Crippen molar-refractivity contribution in [2.24, 2.45) is 5.73 Å². The van der Waals surface area contributed by atoms with Crippen molar-refractivity contribution in [3.05, 3.63) is 36.0 Å². The molecule has 0 amide bonds. The van der Waals surface area contributed by atoms with Crippen LogP contribution in [-0.2, 0) is 9.47 Å². The zero-order valence-electron chi connectivity index (χ0n) is 17.2. The van der Waals surface area contributed by atoms with E-state index in [1.165, 1.54) is 4.68 Å². The maximum Gasteiger partial charge on any atom is 0.183 e. The Balaban J connectivity index is 1.76. The van der Waals surface area contributed by atoms with E-state index in [0.29, 0.717) is 30.0 Å². The van der Waals surface area contributed by atoms with Gasteiger partial charge in [0.2, 0.25) is 0 Å². The summed E-state index contributed by atoms with van der Waals surface area (Å²) < 4.78 is 13.0. The second-order valence-corrected chi connectivity index (χ2v) is 7.55. The number of ether oxygens (including phenoxy) is 2. The molecule has 168 valence electrons. The largest absolute Gasteiger partial charge is 0.394 e. The van der Waals surface area contributed by atoms with Gasteiger partial charge in [0.15, 0.2) is 6.29 Å². The van der Waals surface area contributed by atoms with Crippen LogP contribution in [0.3, 0.4) is 0 Å². The van der Waals surface area contributed by atoms with Crippen molar-refractivity contribution in [2.75, 3.05) is 19.8 Å². The first-order chi connectivity index (χ1) is 15.1. The molecule has 1 aliphatic heterocycles. The molecule has 0 saturated carbocycles. The topological polar surface area (TPSA) is 160 Å². The number of hydrogen-bond acceptors (Lipinski definition) is 9. The van der Waals surface area contributed by atoms with Crippen molar-refractivity contribution in [1.29, 1.82) is 5.26 Å². The Labute approximate surface area is 180 Å². The Morgan fingerprint density at radius 2 is 2.00 bits per heavy atom. The van der Waals surface area contributed by atoms with Crippen LogP contribution in [-0.4, -0.2) is 74.7 Å². The number of nitrogens with two attached hydrogens (primary N) is 1. The third kappa shape index (κ3) is 5.65. The monoisotopic (exact) mass is 431 g/mol. The molecule has 5 N–H and O–H groups in total. The Morgan fingerprint density at radius 3 is 2.74 bits per heavy atom. The molecule has 1 fully saturated rings. The number of unbranched alkanes of at least 4 members (excludes halogenated alkanes) is 3. The summed E-state index contributed by atoms with van der Waals surface area (Å²) in [6.45, 7) is 0.589. The van der Waals surface area contributed by atoms with Crippen LogP contribution in [0.25, 0.3) is 11.3 Å². The Kier molecular flexibility index (Phi) is 8.48. The number of aliphatic hydroxyl groups is 3. The highest BCUT2D eigenvalue weighted by Gasteiger charge is 2.46. The van der Waals surface area contributed by atoms with Gasteiger partial charge in [-0.3, -0.25) is 0 Å².